The molecule has 0 saturated carbocycles. The quantitative estimate of drug-likeness (QED) is 0.503. The highest BCUT2D eigenvalue weighted by Crippen LogP contribution is 2.39. The molecule has 2 aromatic carbocycles. The molecule has 5 heteroatoms. The molecule has 0 amide bonds. The lowest BCUT2D eigenvalue weighted by Gasteiger charge is -2.41. The molecule has 0 heterocycles. The predicted octanol–water partition coefficient (Wildman–Crippen LogP) is -0.0859. The molecule has 0 bridgehead atoms. The van der Waals surface area contributed by atoms with E-state index < -0.39 is 17.7 Å². The van der Waals surface area contributed by atoms with Gasteiger partial charge in [0, 0.05) is 0 Å². The Bertz CT molecular complexity index is 511. The first kappa shape index (κ1) is 14.6. The third-order valence-electron chi connectivity index (χ3n) is 3.28. The summed E-state index contributed by atoms with van der Waals surface area (Å²) in [6.45, 7) is 0. The van der Waals surface area contributed by atoms with Gasteiger partial charge in [0.25, 0.3) is 5.79 Å². The van der Waals surface area contributed by atoms with Gasteiger partial charge in [0.15, 0.2) is 5.60 Å². The normalized spacial score (nSPS) is 12.7. The highest BCUT2D eigenvalue weighted by Gasteiger charge is 2.55. The van der Waals surface area contributed by atoms with E-state index in [9.17, 15) is 25.5 Å². The fourth-order valence-corrected chi connectivity index (χ4v) is 2.14. The summed E-state index contributed by atoms with van der Waals surface area (Å²) in [5.74, 6) is -3.17. The minimum Gasteiger partial charge on any atom is -0.375 e. The van der Waals surface area contributed by atoms with E-state index in [4.69, 9.17) is 0 Å². The lowest BCUT2D eigenvalue weighted by Crippen LogP contribution is -2.59. The second kappa shape index (κ2) is 5.32. The van der Waals surface area contributed by atoms with Crippen LogP contribution >= 0.6 is 0 Å². The lowest BCUT2D eigenvalue weighted by molar-refractivity contribution is -0.352. The number of aliphatic hydroxyl groups is 5. The van der Waals surface area contributed by atoms with Crippen LogP contribution in [0, 0.1) is 0 Å². The van der Waals surface area contributed by atoms with Crippen LogP contribution in [0.25, 0.3) is 0 Å². The van der Waals surface area contributed by atoms with Crippen LogP contribution in [0.15, 0.2) is 60.7 Å². The van der Waals surface area contributed by atoms with Gasteiger partial charge in [-0.2, -0.15) is 0 Å². The van der Waals surface area contributed by atoms with Gasteiger partial charge < -0.3 is 25.5 Å². The van der Waals surface area contributed by atoms with Gasteiger partial charge in [-0.3, -0.25) is 0 Å². The Hall–Kier alpha value is -1.76. The summed E-state index contributed by atoms with van der Waals surface area (Å²) >= 11 is 0. The molecule has 0 aliphatic rings. The van der Waals surface area contributed by atoms with Gasteiger partial charge in [-0.1, -0.05) is 60.7 Å². The molecule has 20 heavy (non-hydrogen) atoms. The maximum absolute atomic E-state index is 10.8. The predicted molar refractivity (Wildman–Crippen MR) is 71.3 cm³/mol. The molecular weight excluding hydrogens is 260 g/mol. The number of aliphatic hydroxyl groups excluding tert-OH is 1. The van der Waals surface area contributed by atoms with Gasteiger partial charge >= 0.3 is 0 Å². The zero-order valence-corrected chi connectivity index (χ0v) is 10.6. The third-order valence-corrected chi connectivity index (χ3v) is 3.28. The Morgan fingerprint density at radius 1 is 0.650 bits per heavy atom. The fourth-order valence-electron chi connectivity index (χ4n) is 2.14. The van der Waals surface area contributed by atoms with Crippen LogP contribution in [0.5, 0.6) is 0 Å². The van der Waals surface area contributed by atoms with Crippen molar-refractivity contribution in [1.29, 1.82) is 0 Å². The van der Waals surface area contributed by atoms with E-state index in [1.165, 1.54) is 24.3 Å². The standard InChI is InChI=1S/C15H16O5/c16-13(17)15(19,20)14(18,11-7-3-1-4-8-11)12-9-5-2-6-10-12/h1-10,13,16-20H. The van der Waals surface area contributed by atoms with Crippen molar-refractivity contribution in [2.45, 2.75) is 17.7 Å². The molecule has 0 fully saturated rings. The number of hydrogen-bond acceptors (Lipinski definition) is 5. The summed E-state index contributed by atoms with van der Waals surface area (Å²) in [6.07, 6.45) is -2.55. The Balaban J connectivity index is 2.68. The van der Waals surface area contributed by atoms with Crippen LogP contribution in [0.3, 0.4) is 0 Å². The zero-order valence-electron chi connectivity index (χ0n) is 10.6. The Kier molecular flexibility index (Phi) is 3.89. The molecule has 106 valence electrons. The van der Waals surface area contributed by atoms with Crippen molar-refractivity contribution >= 4 is 0 Å². The number of hydrogen-bond donors (Lipinski definition) is 5. The summed E-state index contributed by atoms with van der Waals surface area (Å²) in [6, 6.07) is 15.7. The van der Waals surface area contributed by atoms with Gasteiger partial charge in [0.2, 0.25) is 6.29 Å². The number of rotatable bonds is 4. The fraction of sp³-hybridized carbons (Fsp3) is 0.200. The summed E-state index contributed by atoms with van der Waals surface area (Å²) in [7, 11) is 0. The van der Waals surface area contributed by atoms with Gasteiger partial charge in [-0.05, 0) is 11.1 Å². The molecule has 5 nitrogen and oxygen atoms in total. The van der Waals surface area contributed by atoms with Crippen molar-refractivity contribution in [1.82, 2.24) is 0 Å². The average Bonchev–Trinajstić information content (AvgIpc) is 2.48. The SMILES string of the molecule is OC(O)C(O)(O)C(O)(c1ccccc1)c1ccccc1. The molecule has 0 aromatic heterocycles. The van der Waals surface area contributed by atoms with Gasteiger partial charge in [0.1, 0.15) is 0 Å². The second-order valence-corrected chi connectivity index (χ2v) is 4.54. The minimum absolute atomic E-state index is 0.129. The molecule has 0 spiro atoms. The highest BCUT2D eigenvalue weighted by atomic mass is 16.6. The van der Waals surface area contributed by atoms with Crippen molar-refractivity contribution in [2.24, 2.45) is 0 Å². The van der Waals surface area contributed by atoms with Crippen LogP contribution in [-0.2, 0) is 5.60 Å². The van der Waals surface area contributed by atoms with E-state index in [1.807, 2.05) is 0 Å². The summed E-state index contributed by atoms with van der Waals surface area (Å²) in [5.41, 5.74) is -2.13. The van der Waals surface area contributed by atoms with Gasteiger partial charge in [-0.25, -0.2) is 0 Å². The molecule has 5 N–H and O–H groups in total. The maximum Gasteiger partial charge on any atom is 0.253 e. The molecule has 0 radical (unpaired) electrons. The third kappa shape index (κ3) is 2.22. The Morgan fingerprint density at radius 2 is 1.00 bits per heavy atom. The van der Waals surface area contributed by atoms with Crippen LogP contribution in [0.4, 0.5) is 0 Å². The van der Waals surface area contributed by atoms with Crippen molar-refractivity contribution in [3.05, 3.63) is 71.8 Å². The molecule has 0 aliphatic carbocycles. The number of benzene rings is 2. The minimum atomic E-state index is -3.17. The van der Waals surface area contributed by atoms with E-state index in [1.54, 1.807) is 36.4 Å². The van der Waals surface area contributed by atoms with E-state index in [0.29, 0.717) is 0 Å². The van der Waals surface area contributed by atoms with Crippen LogP contribution in [0.1, 0.15) is 11.1 Å². The van der Waals surface area contributed by atoms with E-state index in [-0.39, 0.29) is 11.1 Å². The van der Waals surface area contributed by atoms with E-state index in [2.05, 4.69) is 0 Å². The lowest BCUT2D eigenvalue weighted by atomic mass is 9.79. The largest absolute Gasteiger partial charge is 0.375 e. The molecule has 0 aliphatic heterocycles. The average molecular weight is 276 g/mol. The Morgan fingerprint density at radius 3 is 1.30 bits per heavy atom. The van der Waals surface area contributed by atoms with E-state index in [0.717, 1.165) is 0 Å². The first-order chi connectivity index (χ1) is 9.40. The van der Waals surface area contributed by atoms with Gasteiger partial charge in [-0.15, -0.1) is 0 Å². The van der Waals surface area contributed by atoms with E-state index >= 15 is 0 Å². The second-order valence-electron chi connectivity index (χ2n) is 4.54. The van der Waals surface area contributed by atoms with Crippen molar-refractivity contribution < 1.29 is 25.5 Å². The van der Waals surface area contributed by atoms with Crippen LogP contribution < -0.4 is 0 Å². The maximum atomic E-state index is 10.8. The summed E-state index contributed by atoms with van der Waals surface area (Å²) in [4.78, 5) is 0. The van der Waals surface area contributed by atoms with Gasteiger partial charge in [0.05, 0.1) is 0 Å². The van der Waals surface area contributed by atoms with Crippen molar-refractivity contribution in [2.75, 3.05) is 0 Å². The molecule has 2 aromatic rings. The molecule has 2 rings (SSSR count). The monoisotopic (exact) mass is 276 g/mol. The summed E-state index contributed by atoms with van der Waals surface area (Å²) in [5, 5.41) is 49.3. The van der Waals surface area contributed by atoms with Crippen molar-refractivity contribution in [3.8, 4) is 0 Å². The topological polar surface area (TPSA) is 101 Å². The smallest absolute Gasteiger partial charge is 0.253 e. The first-order valence-electron chi connectivity index (χ1n) is 6.05. The zero-order chi connectivity index (χ0) is 14.8. The Labute approximate surface area is 116 Å². The van der Waals surface area contributed by atoms with Crippen molar-refractivity contribution in [3.63, 3.8) is 0 Å². The summed E-state index contributed by atoms with van der Waals surface area (Å²) < 4.78 is 0. The first-order valence-corrected chi connectivity index (χ1v) is 6.05. The molecular formula is C15H16O5. The molecule has 0 saturated heterocycles. The van der Waals surface area contributed by atoms with Crippen LogP contribution in [-0.4, -0.2) is 37.6 Å². The van der Waals surface area contributed by atoms with Crippen LogP contribution in [0.2, 0.25) is 0 Å². The molecule has 0 atom stereocenters. The highest BCUT2D eigenvalue weighted by molar-refractivity contribution is 5.38. The molecule has 0 unspecified atom stereocenters.